The number of fused-ring (bicyclic) bond motifs is 1. The summed E-state index contributed by atoms with van der Waals surface area (Å²) < 4.78 is 5.64. The predicted molar refractivity (Wildman–Crippen MR) is 108 cm³/mol. The van der Waals surface area contributed by atoms with Crippen molar-refractivity contribution in [1.29, 1.82) is 0 Å². The lowest BCUT2D eigenvalue weighted by molar-refractivity contribution is -0.117. The Hall–Kier alpha value is -3.02. The number of guanidine groups is 1. The number of hydrogen-bond donors (Lipinski definition) is 2. The highest BCUT2D eigenvalue weighted by Crippen LogP contribution is 2.27. The van der Waals surface area contributed by atoms with Gasteiger partial charge < -0.3 is 20.3 Å². The van der Waals surface area contributed by atoms with E-state index in [1.54, 1.807) is 7.05 Å². The number of ether oxygens (including phenoxy) is 1. The fraction of sp³-hybridized carbons (Fsp3) is 0.333. The first-order valence-corrected chi connectivity index (χ1v) is 9.26. The minimum Gasteiger partial charge on any atom is -0.494 e. The summed E-state index contributed by atoms with van der Waals surface area (Å²) in [6, 6.07) is 15.9. The van der Waals surface area contributed by atoms with Crippen LogP contribution in [0, 0.1) is 0 Å². The fourth-order valence-electron chi connectivity index (χ4n) is 3.20. The monoisotopic (exact) mass is 366 g/mol. The largest absolute Gasteiger partial charge is 0.494 e. The molecule has 0 saturated heterocycles. The van der Waals surface area contributed by atoms with Crippen LogP contribution in [0.15, 0.2) is 53.5 Å². The van der Waals surface area contributed by atoms with Gasteiger partial charge in [0.1, 0.15) is 5.75 Å². The number of amides is 1. The van der Waals surface area contributed by atoms with Crippen LogP contribution >= 0.6 is 0 Å². The first kappa shape index (κ1) is 18.8. The first-order valence-electron chi connectivity index (χ1n) is 9.26. The zero-order chi connectivity index (χ0) is 19.1. The number of anilines is 1. The van der Waals surface area contributed by atoms with Crippen molar-refractivity contribution in [3.63, 3.8) is 0 Å². The summed E-state index contributed by atoms with van der Waals surface area (Å²) in [5.74, 6) is 1.48. The van der Waals surface area contributed by atoms with E-state index in [0.717, 1.165) is 30.0 Å². The Morgan fingerprint density at radius 2 is 1.93 bits per heavy atom. The maximum atomic E-state index is 12.6. The first-order chi connectivity index (χ1) is 13.2. The molecule has 6 heteroatoms. The van der Waals surface area contributed by atoms with Gasteiger partial charge in [-0.15, -0.1) is 0 Å². The minimum absolute atomic E-state index is 0.0395. The maximum Gasteiger partial charge on any atom is 0.246 e. The van der Waals surface area contributed by atoms with Gasteiger partial charge in [-0.1, -0.05) is 36.4 Å². The average molecular weight is 366 g/mol. The maximum absolute atomic E-state index is 12.6. The molecule has 1 amide bonds. The molecule has 0 fully saturated rings. The summed E-state index contributed by atoms with van der Waals surface area (Å²) in [6.07, 6.45) is 0.906. The normalized spacial score (nSPS) is 13.3. The molecule has 1 heterocycles. The third-order valence-electron chi connectivity index (χ3n) is 4.54. The molecule has 142 valence electrons. The van der Waals surface area contributed by atoms with Gasteiger partial charge in [0, 0.05) is 31.4 Å². The Kier molecular flexibility index (Phi) is 6.30. The second kappa shape index (κ2) is 9.07. The van der Waals surface area contributed by atoms with E-state index in [1.807, 2.05) is 54.3 Å². The van der Waals surface area contributed by atoms with Crippen molar-refractivity contribution in [2.75, 3.05) is 31.6 Å². The molecule has 0 aromatic heterocycles. The Labute approximate surface area is 160 Å². The number of hydrogen-bond acceptors (Lipinski definition) is 3. The summed E-state index contributed by atoms with van der Waals surface area (Å²) in [4.78, 5) is 18.6. The molecular weight excluding hydrogens is 340 g/mol. The third kappa shape index (κ3) is 4.58. The summed E-state index contributed by atoms with van der Waals surface area (Å²) in [7, 11) is 1.69. The van der Waals surface area contributed by atoms with E-state index in [0.29, 0.717) is 19.1 Å². The molecule has 1 aliphatic rings. The Morgan fingerprint density at radius 3 is 2.74 bits per heavy atom. The molecule has 6 nitrogen and oxygen atoms in total. The predicted octanol–water partition coefficient (Wildman–Crippen LogP) is 2.34. The van der Waals surface area contributed by atoms with Gasteiger partial charge in [-0.3, -0.25) is 9.79 Å². The molecule has 2 N–H and O–H groups in total. The molecule has 27 heavy (non-hydrogen) atoms. The van der Waals surface area contributed by atoms with Crippen LogP contribution < -0.4 is 20.3 Å². The Balaban J connectivity index is 1.54. The highest BCUT2D eigenvalue weighted by atomic mass is 16.5. The van der Waals surface area contributed by atoms with Crippen LogP contribution in [0.3, 0.4) is 0 Å². The molecule has 0 radical (unpaired) electrons. The van der Waals surface area contributed by atoms with Gasteiger partial charge in [-0.2, -0.15) is 0 Å². The number of nitrogens with one attached hydrogen (secondary N) is 2. The van der Waals surface area contributed by atoms with E-state index in [1.165, 1.54) is 5.56 Å². The second-order valence-electron chi connectivity index (χ2n) is 6.24. The molecule has 1 aliphatic heterocycles. The van der Waals surface area contributed by atoms with Crippen LogP contribution in [-0.2, 0) is 17.8 Å². The summed E-state index contributed by atoms with van der Waals surface area (Å²) >= 11 is 0. The molecule has 2 aromatic carbocycles. The van der Waals surface area contributed by atoms with Gasteiger partial charge in [-0.05, 0) is 31.0 Å². The van der Waals surface area contributed by atoms with Crippen molar-refractivity contribution in [3.8, 4) is 5.75 Å². The van der Waals surface area contributed by atoms with Gasteiger partial charge in [0.25, 0.3) is 0 Å². The molecule has 2 aromatic rings. The van der Waals surface area contributed by atoms with E-state index in [-0.39, 0.29) is 12.5 Å². The lowest BCUT2D eigenvalue weighted by Gasteiger charge is -2.19. The van der Waals surface area contributed by atoms with Crippen LogP contribution in [0.25, 0.3) is 0 Å². The number of benzene rings is 2. The van der Waals surface area contributed by atoms with E-state index >= 15 is 0 Å². The molecule has 0 aliphatic carbocycles. The van der Waals surface area contributed by atoms with Crippen LogP contribution in [0.4, 0.5) is 5.69 Å². The van der Waals surface area contributed by atoms with Crippen molar-refractivity contribution in [2.24, 2.45) is 4.99 Å². The molecule has 3 rings (SSSR count). The van der Waals surface area contributed by atoms with E-state index in [4.69, 9.17) is 4.74 Å². The van der Waals surface area contributed by atoms with Gasteiger partial charge in [-0.25, -0.2) is 0 Å². The van der Waals surface area contributed by atoms with Gasteiger partial charge in [0.15, 0.2) is 5.96 Å². The molecule has 0 atom stereocenters. The average Bonchev–Trinajstić information content (AvgIpc) is 3.13. The number of rotatable bonds is 6. The molecule has 0 spiro atoms. The van der Waals surface area contributed by atoms with Gasteiger partial charge >= 0.3 is 0 Å². The molecular formula is C21H26N4O2. The lowest BCUT2D eigenvalue weighted by Crippen LogP contribution is -2.44. The Bertz CT molecular complexity index is 819. The molecule has 0 unspecified atom stereocenters. The van der Waals surface area contributed by atoms with Gasteiger partial charge in [0.2, 0.25) is 5.91 Å². The number of carbonyl (C=O) groups excluding carboxylic acids is 1. The third-order valence-corrected chi connectivity index (χ3v) is 4.54. The van der Waals surface area contributed by atoms with Gasteiger partial charge in [0.05, 0.1) is 13.2 Å². The number of aliphatic imine (C=N–C) groups is 1. The fourth-order valence-corrected chi connectivity index (χ4v) is 3.20. The summed E-state index contributed by atoms with van der Waals surface area (Å²) in [6.45, 7) is 4.08. The number of carbonyl (C=O) groups is 1. The SMILES string of the molecule is CCOc1ccccc1CNC(=NC)NCC(=O)N1CCc2ccccc21. The highest BCUT2D eigenvalue weighted by molar-refractivity contribution is 5.98. The second-order valence-corrected chi connectivity index (χ2v) is 6.24. The van der Waals surface area contributed by atoms with Crippen LogP contribution in [0.2, 0.25) is 0 Å². The van der Waals surface area contributed by atoms with Crippen LogP contribution in [0.5, 0.6) is 5.75 Å². The highest BCUT2D eigenvalue weighted by Gasteiger charge is 2.23. The Morgan fingerprint density at radius 1 is 1.15 bits per heavy atom. The van der Waals surface area contributed by atoms with Crippen LogP contribution in [0.1, 0.15) is 18.1 Å². The van der Waals surface area contributed by atoms with E-state index < -0.39 is 0 Å². The minimum atomic E-state index is 0.0395. The number of para-hydroxylation sites is 2. The van der Waals surface area contributed by atoms with E-state index in [2.05, 4.69) is 21.7 Å². The van der Waals surface area contributed by atoms with Crippen molar-refractivity contribution in [3.05, 3.63) is 59.7 Å². The smallest absolute Gasteiger partial charge is 0.246 e. The summed E-state index contributed by atoms with van der Waals surface area (Å²) in [5.41, 5.74) is 3.28. The van der Waals surface area contributed by atoms with Crippen molar-refractivity contribution >= 4 is 17.6 Å². The zero-order valence-electron chi connectivity index (χ0n) is 15.9. The summed E-state index contributed by atoms with van der Waals surface area (Å²) in [5, 5.41) is 6.34. The topological polar surface area (TPSA) is 66.0 Å². The standard InChI is InChI=1S/C21H26N4O2/c1-3-27-19-11-7-5-9-17(19)14-23-21(22-2)24-15-20(26)25-13-12-16-8-4-6-10-18(16)25/h4-11H,3,12-15H2,1-2H3,(H2,22,23,24). The van der Waals surface area contributed by atoms with Crippen molar-refractivity contribution in [2.45, 2.75) is 19.9 Å². The quantitative estimate of drug-likeness (QED) is 0.608. The zero-order valence-corrected chi connectivity index (χ0v) is 15.9. The lowest BCUT2D eigenvalue weighted by atomic mass is 10.2. The number of nitrogens with zero attached hydrogens (tertiary/aromatic N) is 2. The van der Waals surface area contributed by atoms with E-state index in [9.17, 15) is 4.79 Å². The van der Waals surface area contributed by atoms with Crippen molar-refractivity contribution in [1.82, 2.24) is 10.6 Å². The van der Waals surface area contributed by atoms with Crippen molar-refractivity contribution < 1.29 is 9.53 Å². The molecule has 0 saturated carbocycles. The van der Waals surface area contributed by atoms with Crippen LogP contribution in [-0.4, -0.2) is 38.6 Å². The molecule has 0 bridgehead atoms.